The lowest BCUT2D eigenvalue weighted by molar-refractivity contribution is -0.139. The molecule has 3 aromatic carbocycles. The molecule has 2 amide bonds. The van der Waals surface area contributed by atoms with Crippen LogP contribution in [-0.2, 0) is 32.3 Å². The Kier molecular flexibility index (Phi) is 10.1. The van der Waals surface area contributed by atoms with E-state index in [1.165, 1.54) is 43.3 Å². The van der Waals surface area contributed by atoms with Gasteiger partial charge in [0, 0.05) is 23.1 Å². The SMILES string of the molecule is CCNC(=O)C(C)N(Cc1ccc(Cl)cc1Cl)C(=O)CN(c1cccc(C(F)(F)F)c1)S(=O)(=O)c1ccccc1. The number of benzene rings is 3. The number of hydrogen-bond acceptors (Lipinski definition) is 4. The van der Waals surface area contributed by atoms with Gasteiger partial charge in [-0.1, -0.05) is 53.5 Å². The fourth-order valence-corrected chi connectivity index (χ4v) is 5.72. The maximum atomic E-state index is 13.8. The standard InChI is InChI=1S/C27H26Cl2F3N3O4S/c1-3-33-26(37)18(2)34(16-19-12-13-21(28)15-24(19)29)25(36)17-35(40(38,39)23-10-5-4-6-11-23)22-9-7-8-20(14-22)27(30,31)32/h4-15,18H,3,16-17H2,1-2H3,(H,33,37). The van der Waals surface area contributed by atoms with Crippen LogP contribution in [-0.4, -0.2) is 44.3 Å². The highest BCUT2D eigenvalue weighted by molar-refractivity contribution is 7.92. The molecule has 0 fully saturated rings. The number of nitrogens with one attached hydrogen (secondary N) is 1. The number of sulfonamides is 1. The maximum Gasteiger partial charge on any atom is 0.416 e. The van der Waals surface area contributed by atoms with Crippen molar-refractivity contribution in [3.05, 3.63) is 94.0 Å². The van der Waals surface area contributed by atoms with E-state index in [2.05, 4.69) is 5.32 Å². The summed E-state index contributed by atoms with van der Waals surface area (Å²) < 4.78 is 68.5. The third kappa shape index (κ3) is 7.47. The number of rotatable bonds is 10. The summed E-state index contributed by atoms with van der Waals surface area (Å²) in [5, 5.41) is 3.16. The Morgan fingerprint density at radius 3 is 2.25 bits per heavy atom. The van der Waals surface area contributed by atoms with Gasteiger partial charge in [-0.05, 0) is 61.9 Å². The summed E-state index contributed by atoms with van der Waals surface area (Å²) in [6.45, 7) is 2.32. The lowest BCUT2D eigenvalue weighted by Crippen LogP contribution is -2.51. The molecule has 1 atom stereocenters. The van der Waals surface area contributed by atoms with Crippen LogP contribution in [0.25, 0.3) is 0 Å². The van der Waals surface area contributed by atoms with Gasteiger partial charge in [-0.3, -0.25) is 13.9 Å². The van der Waals surface area contributed by atoms with Gasteiger partial charge in [0.1, 0.15) is 12.6 Å². The zero-order chi connectivity index (χ0) is 29.7. The number of likely N-dealkylation sites (N-methyl/N-ethyl adjacent to an activating group) is 1. The summed E-state index contributed by atoms with van der Waals surface area (Å²) in [7, 11) is -4.51. The van der Waals surface area contributed by atoms with Crippen LogP contribution >= 0.6 is 23.2 Å². The van der Waals surface area contributed by atoms with Crippen molar-refractivity contribution in [1.29, 1.82) is 0 Å². The minimum Gasteiger partial charge on any atom is -0.355 e. The Bertz CT molecular complexity index is 1470. The maximum absolute atomic E-state index is 13.8. The van der Waals surface area contributed by atoms with Crippen LogP contribution in [0.15, 0.2) is 77.7 Å². The number of hydrogen-bond donors (Lipinski definition) is 1. The fraction of sp³-hybridized carbons (Fsp3) is 0.259. The first-order chi connectivity index (χ1) is 18.8. The van der Waals surface area contributed by atoms with E-state index in [4.69, 9.17) is 23.2 Å². The highest BCUT2D eigenvalue weighted by Gasteiger charge is 2.35. The van der Waals surface area contributed by atoms with Gasteiger partial charge in [-0.25, -0.2) is 8.42 Å². The van der Waals surface area contributed by atoms with Crippen molar-refractivity contribution in [2.24, 2.45) is 0 Å². The van der Waals surface area contributed by atoms with Crippen molar-refractivity contribution >= 4 is 50.7 Å². The highest BCUT2D eigenvalue weighted by atomic mass is 35.5. The average Bonchev–Trinajstić information content (AvgIpc) is 2.91. The summed E-state index contributed by atoms with van der Waals surface area (Å²) in [6.07, 6.45) is -4.76. The Morgan fingerprint density at radius 2 is 1.65 bits per heavy atom. The summed E-state index contributed by atoms with van der Waals surface area (Å²) in [4.78, 5) is 27.4. The van der Waals surface area contributed by atoms with Crippen molar-refractivity contribution in [2.75, 3.05) is 17.4 Å². The molecule has 1 unspecified atom stereocenters. The van der Waals surface area contributed by atoms with Crippen molar-refractivity contribution < 1.29 is 31.2 Å². The second-order valence-corrected chi connectivity index (χ2v) is 11.4. The normalized spacial score (nSPS) is 12.5. The molecule has 0 aliphatic carbocycles. The lowest BCUT2D eigenvalue weighted by Gasteiger charge is -2.32. The molecule has 0 saturated carbocycles. The number of nitrogens with zero attached hydrogens (tertiary/aromatic N) is 2. The molecule has 40 heavy (non-hydrogen) atoms. The first-order valence-corrected chi connectivity index (χ1v) is 14.2. The van der Waals surface area contributed by atoms with Crippen LogP contribution in [0.4, 0.5) is 18.9 Å². The Balaban J connectivity index is 2.10. The smallest absolute Gasteiger partial charge is 0.355 e. The van der Waals surface area contributed by atoms with Crippen LogP contribution in [0.5, 0.6) is 0 Å². The van der Waals surface area contributed by atoms with E-state index in [9.17, 15) is 31.2 Å². The molecule has 0 bridgehead atoms. The Labute approximate surface area is 240 Å². The first-order valence-electron chi connectivity index (χ1n) is 12.0. The molecule has 0 aliphatic rings. The van der Waals surface area contributed by atoms with E-state index in [0.717, 1.165) is 23.1 Å². The van der Waals surface area contributed by atoms with Gasteiger partial charge in [0.25, 0.3) is 10.0 Å². The number of carbonyl (C=O) groups is 2. The van der Waals surface area contributed by atoms with Crippen LogP contribution < -0.4 is 9.62 Å². The lowest BCUT2D eigenvalue weighted by atomic mass is 10.1. The summed E-state index contributed by atoms with van der Waals surface area (Å²) in [5.74, 6) is -1.36. The Hall–Kier alpha value is -3.28. The molecule has 3 rings (SSSR count). The van der Waals surface area contributed by atoms with Gasteiger partial charge in [0.05, 0.1) is 16.1 Å². The monoisotopic (exact) mass is 615 g/mol. The molecule has 7 nitrogen and oxygen atoms in total. The number of anilines is 1. The summed E-state index contributed by atoms with van der Waals surface area (Å²) >= 11 is 12.3. The van der Waals surface area contributed by atoms with E-state index in [1.54, 1.807) is 19.1 Å². The first kappa shape index (κ1) is 31.3. The quantitative estimate of drug-likeness (QED) is 0.314. The van der Waals surface area contributed by atoms with Crippen LogP contribution in [0.1, 0.15) is 25.0 Å². The van der Waals surface area contributed by atoms with Gasteiger partial charge in [-0.2, -0.15) is 13.2 Å². The highest BCUT2D eigenvalue weighted by Crippen LogP contribution is 2.33. The molecular weight excluding hydrogens is 590 g/mol. The summed E-state index contributed by atoms with van der Waals surface area (Å²) in [5.41, 5.74) is -1.04. The number of alkyl halides is 3. The van der Waals surface area contributed by atoms with Gasteiger partial charge in [0.15, 0.2) is 0 Å². The van der Waals surface area contributed by atoms with Crippen LogP contribution in [0.3, 0.4) is 0 Å². The van der Waals surface area contributed by atoms with Crippen LogP contribution in [0.2, 0.25) is 10.0 Å². The zero-order valence-electron chi connectivity index (χ0n) is 21.5. The van der Waals surface area contributed by atoms with E-state index >= 15 is 0 Å². The average molecular weight is 616 g/mol. The fourth-order valence-electron chi connectivity index (χ4n) is 3.82. The minimum absolute atomic E-state index is 0.199. The molecule has 0 spiro atoms. The summed E-state index contributed by atoms with van der Waals surface area (Å²) in [6, 6.07) is 14.1. The minimum atomic E-state index is -4.76. The Morgan fingerprint density at radius 1 is 0.975 bits per heavy atom. The van der Waals surface area contributed by atoms with E-state index in [0.29, 0.717) is 21.0 Å². The number of halogens is 5. The van der Waals surface area contributed by atoms with Crippen molar-refractivity contribution in [3.63, 3.8) is 0 Å². The predicted octanol–water partition coefficient (Wildman–Crippen LogP) is 5.76. The second kappa shape index (κ2) is 12.9. The molecule has 0 saturated heterocycles. The predicted molar refractivity (Wildman–Crippen MR) is 148 cm³/mol. The van der Waals surface area contributed by atoms with Crippen molar-refractivity contribution in [2.45, 2.75) is 37.5 Å². The third-order valence-electron chi connectivity index (χ3n) is 5.95. The van der Waals surface area contributed by atoms with Gasteiger partial charge in [0.2, 0.25) is 11.8 Å². The van der Waals surface area contributed by atoms with Crippen LogP contribution in [0, 0.1) is 0 Å². The topological polar surface area (TPSA) is 86.8 Å². The molecule has 0 heterocycles. The van der Waals surface area contributed by atoms with Crippen molar-refractivity contribution in [1.82, 2.24) is 10.2 Å². The second-order valence-electron chi connectivity index (χ2n) is 8.70. The molecule has 0 aromatic heterocycles. The molecule has 0 aliphatic heterocycles. The van der Waals surface area contributed by atoms with Gasteiger partial charge < -0.3 is 10.2 Å². The van der Waals surface area contributed by atoms with E-state index in [-0.39, 0.29) is 28.7 Å². The number of carbonyl (C=O) groups excluding carboxylic acids is 2. The zero-order valence-corrected chi connectivity index (χ0v) is 23.8. The molecule has 214 valence electrons. The molecule has 3 aromatic rings. The largest absolute Gasteiger partial charge is 0.416 e. The van der Waals surface area contributed by atoms with Gasteiger partial charge >= 0.3 is 6.18 Å². The molecular formula is C27H26Cl2F3N3O4S. The molecule has 1 N–H and O–H groups in total. The van der Waals surface area contributed by atoms with E-state index < -0.39 is 46.2 Å². The number of amides is 2. The molecule has 0 radical (unpaired) electrons. The van der Waals surface area contributed by atoms with Crippen molar-refractivity contribution in [3.8, 4) is 0 Å². The third-order valence-corrected chi connectivity index (χ3v) is 8.32. The van der Waals surface area contributed by atoms with Gasteiger partial charge in [-0.15, -0.1) is 0 Å². The molecule has 13 heteroatoms. The van der Waals surface area contributed by atoms with E-state index in [1.807, 2.05) is 0 Å².